The van der Waals surface area contributed by atoms with Crippen LogP contribution in [0.25, 0.3) is 0 Å². The minimum atomic E-state index is 0. The Morgan fingerprint density at radius 3 is 1.71 bits per heavy atom. The molecule has 0 N–H and O–H groups in total. The zero-order valence-electron chi connectivity index (χ0n) is 4.64. The summed E-state index contributed by atoms with van der Waals surface area (Å²) in [6, 6.07) is 0. The van der Waals surface area contributed by atoms with Crippen molar-refractivity contribution in [1.29, 1.82) is 0 Å². The maximum absolute atomic E-state index is 2.23. The minimum Gasteiger partial charge on any atom is -0.147 e. The zero-order valence-corrected chi connectivity index (χ0v) is 9.25. The predicted octanol–water partition coefficient (Wildman–Crippen LogP) is 2.60. The van der Waals surface area contributed by atoms with Gasteiger partial charge >= 0.3 is 43.1 Å². The molecule has 0 radical (unpaired) electrons. The molecule has 0 aliphatic rings. The first kappa shape index (κ1) is 15.7. The van der Waals surface area contributed by atoms with Gasteiger partial charge in [-0.3, -0.25) is 0 Å². The topological polar surface area (TPSA) is 0 Å². The van der Waals surface area contributed by atoms with Crippen molar-refractivity contribution in [3.8, 4) is 0 Å². The van der Waals surface area contributed by atoms with Gasteiger partial charge in [-0.2, -0.15) is 0 Å². The molecule has 0 aliphatic heterocycles. The molecule has 0 amide bonds. The van der Waals surface area contributed by atoms with E-state index in [0.29, 0.717) is 0 Å². The van der Waals surface area contributed by atoms with E-state index in [1.807, 2.05) is 0 Å². The van der Waals surface area contributed by atoms with Gasteiger partial charge in [0.15, 0.2) is 0 Å². The summed E-state index contributed by atoms with van der Waals surface area (Å²) in [7, 11) is 0. The van der Waals surface area contributed by atoms with Gasteiger partial charge in [0.05, 0.1) is 0 Å². The molecule has 0 aromatic carbocycles. The maximum atomic E-state index is 2.23. The van der Waals surface area contributed by atoms with E-state index < -0.39 is 0 Å². The van der Waals surface area contributed by atoms with Crippen LogP contribution in [0.2, 0.25) is 5.02 Å². The molecule has 0 unspecified atom stereocenters. The summed E-state index contributed by atoms with van der Waals surface area (Å²) in [4.78, 5) is 0. The number of unbranched alkanes of at least 4 members (excludes halogenated alkanes) is 1. The van der Waals surface area contributed by atoms with E-state index in [4.69, 9.17) is 0 Å². The first-order chi connectivity index (χ1) is 2.41. The molecule has 43 valence electrons. The van der Waals surface area contributed by atoms with Gasteiger partial charge in [-0.05, 0) is 0 Å². The Morgan fingerprint density at radius 2 is 1.71 bits per heavy atom. The molecule has 0 fully saturated rings. The predicted molar refractivity (Wildman–Crippen MR) is 34.2 cm³/mol. The number of rotatable bonds is 2. The summed E-state index contributed by atoms with van der Waals surface area (Å²) in [5, 5.41) is 1.47. The van der Waals surface area contributed by atoms with Gasteiger partial charge in [0, 0.05) is 0 Å². The molecule has 0 aliphatic carbocycles. The molecule has 0 atom stereocenters. The normalized spacial score (nSPS) is 6.14. The van der Waals surface area contributed by atoms with E-state index in [1.54, 1.807) is 0 Å². The van der Waals surface area contributed by atoms with E-state index in [2.05, 4.69) is 6.92 Å². The summed E-state index contributed by atoms with van der Waals surface area (Å²) in [6.45, 7) is 2.23. The van der Waals surface area contributed by atoms with Gasteiger partial charge in [0.25, 0.3) is 0 Å². The summed E-state index contributed by atoms with van der Waals surface area (Å²) in [5.41, 5.74) is 0. The minimum absolute atomic E-state index is 0. The molecule has 7 heavy (non-hydrogen) atoms. The first-order valence-corrected chi connectivity index (χ1v) is 4.31. The fourth-order valence-electron chi connectivity index (χ4n) is 0.250. The van der Waals surface area contributed by atoms with Crippen LogP contribution in [0, 0.1) is 0 Å². The average Bonchev–Trinajstić information content (AvgIpc) is 1.41. The van der Waals surface area contributed by atoms with Crippen molar-refractivity contribution >= 4 is 24.8 Å². The van der Waals surface area contributed by atoms with Crippen LogP contribution in [0.3, 0.4) is 0 Å². The largest absolute Gasteiger partial charge is 0.147 e. The SMILES string of the molecule is CCC[CH2][Zn].Cl.Cl. The fourth-order valence-corrected chi connectivity index (χ4v) is 1.30. The van der Waals surface area contributed by atoms with Crippen LogP contribution in [0.4, 0.5) is 0 Å². The molecular weight excluding hydrogens is 184 g/mol. The molecule has 0 nitrogen and oxygen atoms in total. The molecule has 3 heteroatoms. The number of halogens is 2. The quantitative estimate of drug-likeness (QED) is 0.594. The molecule has 0 saturated heterocycles. The summed E-state index contributed by atoms with van der Waals surface area (Å²) in [6.07, 6.45) is 2.82. The first-order valence-electron chi connectivity index (χ1n) is 2.21. The number of hydrogen-bond acceptors (Lipinski definition) is 0. The van der Waals surface area contributed by atoms with E-state index in [9.17, 15) is 0 Å². The fraction of sp³-hybridized carbons (Fsp3) is 1.00. The van der Waals surface area contributed by atoms with Gasteiger partial charge in [0.2, 0.25) is 0 Å². The third kappa shape index (κ3) is 19.0. The second-order valence-electron chi connectivity index (χ2n) is 1.21. The third-order valence-electron chi connectivity index (χ3n) is 0.604. The summed E-state index contributed by atoms with van der Waals surface area (Å²) in [5.74, 6) is 0. The van der Waals surface area contributed by atoms with Crippen molar-refractivity contribution in [2.45, 2.75) is 24.8 Å². The van der Waals surface area contributed by atoms with Crippen LogP contribution in [-0.4, -0.2) is 0 Å². The van der Waals surface area contributed by atoms with Crippen molar-refractivity contribution in [3.63, 3.8) is 0 Å². The molecule has 0 aromatic heterocycles. The third-order valence-corrected chi connectivity index (χ3v) is 1.65. The molecule has 0 saturated carbocycles. The smallest absolute Gasteiger partial charge is 0.147 e. The van der Waals surface area contributed by atoms with Crippen LogP contribution >= 0.6 is 24.8 Å². The van der Waals surface area contributed by atoms with Gasteiger partial charge in [-0.15, -0.1) is 24.8 Å². The van der Waals surface area contributed by atoms with Gasteiger partial charge in [-0.25, -0.2) is 0 Å². The van der Waals surface area contributed by atoms with Crippen molar-refractivity contribution in [2.24, 2.45) is 0 Å². The Bertz CT molecular complexity index is 17.2. The summed E-state index contributed by atoms with van der Waals surface area (Å²) >= 11 is 1.48. The monoisotopic (exact) mass is 193 g/mol. The van der Waals surface area contributed by atoms with E-state index in [-0.39, 0.29) is 24.8 Å². The molecule has 0 bridgehead atoms. The van der Waals surface area contributed by atoms with E-state index >= 15 is 0 Å². The van der Waals surface area contributed by atoms with Crippen LogP contribution < -0.4 is 0 Å². The summed E-state index contributed by atoms with van der Waals surface area (Å²) < 4.78 is 0. The van der Waals surface area contributed by atoms with Crippen LogP contribution in [0.1, 0.15) is 19.8 Å². The van der Waals surface area contributed by atoms with Crippen LogP contribution in [0.5, 0.6) is 0 Å². The Kier molecular flexibility index (Phi) is 35.2. The Labute approximate surface area is 67.9 Å². The molecular formula is C4H11Cl2Zn. The van der Waals surface area contributed by atoms with Crippen molar-refractivity contribution in [2.75, 3.05) is 0 Å². The molecule has 0 heterocycles. The molecule has 0 aromatic rings. The van der Waals surface area contributed by atoms with Gasteiger partial charge < -0.3 is 0 Å². The van der Waals surface area contributed by atoms with Gasteiger partial charge in [-0.1, -0.05) is 0 Å². The van der Waals surface area contributed by atoms with E-state index in [1.165, 1.54) is 36.2 Å². The van der Waals surface area contributed by atoms with Gasteiger partial charge in [0.1, 0.15) is 0 Å². The molecule has 0 rings (SSSR count). The van der Waals surface area contributed by atoms with Crippen LogP contribution in [0.15, 0.2) is 0 Å². The van der Waals surface area contributed by atoms with Crippen molar-refractivity contribution in [3.05, 3.63) is 0 Å². The van der Waals surface area contributed by atoms with E-state index in [0.717, 1.165) is 0 Å². The zero-order chi connectivity index (χ0) is 4.12. The second kappa shape index (κ2) is 15.7. The Hall–Kier alpha value is 1.20. The van der Waals surface area contributed by atoms with Crippen molar-refractivity contribution in [1.82, 2.24) is 0 Å². The number of hydrogen-bond donors (Lipinski definition) is 0. The maximum Gasteiger partial charge on any atom is -0.147 e. The Balaban J connectivity index is -0.0000000800. The van der Waals surface area contributed by atoms with Crippen LogP contribution in [-0.2, 0) is 18.3 Å². The van der Waals surface area contributed by atoms with Crippen molar-refractivity contribution < 1.29 is 18.3 Å². The molecule has 0 spiro atoms. The average molecular weight is 195 g/mol. The standard InChI is InChI=1S/C4H9.2ClH.Zn/c1-3-4-2;;;/h1,3-4H2,2H3;2*1H;. The Morgan fingerprint density at radius 1 is 1.29 bits per heavy atom. The second-order valence-corrected chi connectivity index (χ2v) is 2.69.